The number of alkyl halides is 1. The van der Waals surface area contributed by atoms with Gasteiger partial charge in [0, 0.05) is 5.33 Å². The molecule has 0 aromatic heterocycles. The van der Waals surface area contributed by atoms with Gasteiger partial charge in [0.25, 0.3) is 0 Å². The van der Waals surface area contributed by atoms with E-state index in [0.29, 0.717) is 0 Å². The van der Waals surface area contributed by atoms with Crippen LogP contribution in [0.4, 0.5) is 0 Å². The van der Waals surface area contributed by atoms with E-state index in [9.17, 15) is 0 Å². The molecule has 0 spiro atoms. The molecule has 0 bridgehead atoms. The van der Waals surface area contributed by atoms with Crippen LogP contribution in [-0.2, 0) is 0 Å². The Hall–Kier alpha value is -1.34. The molecular weight excluding hydrogens is 500 g/mol. The first kappa shape index (κ1) is 34.7. The van der Waals surface area contributed by atoms with Crippen molar-refractivity contribution in [2.24, 2.45) is 0 Å². The SMILES string of the molecule is CC(C)=CCCC(C)=CCCC(C)=CCCC(C)=CCCC(C)=CCCC(C)=CCCC(C)=CCBr. The van der Waals surface area contributed by atoms with Crippen LogP contribution >= 0.6 is 15.9 Å². The molecule has 0 aromatic carbocycles. The zero-order valence-corrected chi connectivity index (χ0v) is 26.7. The topological polar surface area (TPSA) is 0 Å². The second kappa shape index (κ2) is 22.8. The Morgan fingerprint density at radius 1 is 0.361 bits per heavy atom. The number of hydrogen-bond donors (Lipinski definition) is 0. The van der Waals surface area contributed by atoms with Gasteiger partial charge in [-0.25, -0.2) is 0 Å². The molecule has 0 saturated carbocycles. The van der Waals surface area contributed by atoms with Crippen LogP contribution in [0.5, 0.6) is 0 Å². The second-order valence-electron chi connectivity index (χ2n) is 11.0. The minimum Gasteiger partial charge on any atom is -0.0883 e. The number of rotatable bonds is 19. The zero-order chi connectivity index (χ0) is 27.2. The maximum Gasteiger partial charge on any atom is 0.0214 e. The molecule has 36 heavy (non-hydrogen) atoms. The normalized spacial score (nSPS) is 14.5. The van der Waals surface area contributed by atoms with Gasteiger partial charge in [-0.3, -0.25) is 0 Å². The van der Waals surface area contributed by atoms with Crippen molar-refractivity contribution in [3.05, 3.63) is 81.5 Å². The minimum atomic E-state index is 0.965. The van der Waals surface area contributed by atoms with Crippen molar-refractivity contribution < 1.29 is 0 Å². The molecule has 0 nitrogen and oxygen atoms in total. The molecule has 0 aliphatic rings. The van der Waals surface area contributed by atoms with E-state index in [0.717, 1.165) is 11.8 Å². The summed E-state index contributed by atoms with van der Waals surface area (Å²) in [5.41, 5.74) is 10.5. The molecule has 0 radical (unpaired) electrons. The average molecular weight is 558 g/mol. The standard InChI is InChI=1S/C35H57Br/c1-29(2)15-9-16-30(3)17-10-18-31(4)19-11-20-32(5)21-12-22-33(6)23-13-24-34(7)25-14-26-35(8)27-28-36/h15,17,19,21,23,25,27H,9-14,16,18,20,22,24,26,28H2,1-8H3. The first-order chi connectivity index (χ1) is 17.1. The maximum absolute atomic E-state index is 3.47. The predicted molar refractivity (Wildman–Crippen MR) is 171 cm³/mol. The molecule has 0 rings (SSSR count). The largest absolute Gasteiger partial charge is 0.0883 e. The van der Waals surface area contributed by atoms with Gasteiger partial charge in [0.15, 0.2) is 0 Å². The van der Waals surface area contributed by atoms with Crippen molar-refractivity contribution in [3.8, 4) is 0 Å². The van der Waals surface area contributed by atoms with E-state index in [2.05, 4.69) is 114 Å². The van der Waals surface area contributed by atoms with E-state index in [4.69, 9.17) is 0 Å². The van der Waals surface area contributed by atoms with Gasteiger partial charge in [0.05, 0.1) is 0 Å². The first-order valence-corrected chi connectivity index (χ1v) is 15.4. The molecular formula is C35H57Br. The Morgan fingerprint density at radius 3 is 0.806 bits per heavy atom. The lowest BCUT2D eigenvalue weighted by atomic mass is 10.0. The molecule has 0 heterocycles. The molecule has 0 aromatic rings. The minimum absolute atomic E-state index is 0.965. The third-order valence-electron chi connectivity index (χ3n) is 6.67. The van der Waals surface area contributed by atoms with E-state index in [1.807, 2.05) is 0 Å². The number of hydrogen-bond acceptors (Lipinski definition) is 0. The van der Waals surface area contributed by atoms with Crippen molar-refractivity contribution >= 4 is 15.9 Å². The summed E-state index contributed by atoms with van der Waals surface area (Å²) in [7, 11) is 0. The van der Waals surface area contributed by atoms with Gasteiger partial charge in [-0.2, -0.15) is 0 Å². The van der Waals surface area contributed by atoms with Gasteiger partial charge in [0.1, 0.15) is 0 Å². The van der Waals surface area contributed by atoms with Crippen molar-refractivity contribution in [1.29, 1.82) is 0 Å². The summed E-state index contributed by atoms with van der Waals surface area (Å²) in [6.45, 7) is 18.0. The van der Waals surface area contributed by atoms with Crippen molar-refractivity contribution in [2.75, 3.05) is 5.33 Å². The number of halogens is 1. The van der Waals surface area contributed by atoms with Crippen LogP contribution in [0.1, 0.15) is 132 Å². The van der Waals surface area contributed by atoms with Crippen molar-refractivity contribution in [1.82, 2.24) is 0 Å². The fraction of sp³-hybridized carbons (Fsp3) is 0.600. The molecule has 1 heteroatoms. The predicted octanol–water partition coefficient (Wildman–Crippen LogP) is 12.7. The Morgan fingerprint density at radius 2 is 0.583 bits per heavy atom. The van der Waals surface area contributed by atoms with E-state index in [1.54, 1.807) is 0 Å². The monoisotopic (exact) mass is 556 g/mol. The van der Waals surface area contributed by atoms with E-state index < -0.39 is 0 Å². The Kier molecular flexibility index (Phi) is 22.0. The Bertz CT molecular complexity index is 804. The van der Waals surface area contributed by atoms with Crippen LogP contribution in [0, 0.1) is 0 Å². The van der Waals surface area contributed by atoms with Crippen LogP contribution in [0.3, 0.4) is 0 Å². The van der Waals surface area contributed by atoms with E-state index in [-0.39, 0.29) is 0 Å². The van der Waals surface area contributed by atoms with Gasteiger partial charge in [-0.1, -0.05) is 97.5 Å². The Balaban J connectivity index is 4.14. The van der Waals surface area contributed by atoms with Crippen LogP contribution in [-0.4, -0.2) is 5.33 Å². The van der Waals surface area contributed by atoms with Gasteiger partial charge >= 0.3 is 0 Å². The van der Waals surface area contributed by atoms with Crippen LogP contribution in [0.2, 0.25) is 0 Å². The van der Waals surface area contributed by atoms with Crippen LogP contribution < -0.4 is 0 Å². The molecule has 0 aliphatic carbocycles. The third kappa shape index (κ3) is 23.1. The zero-order valence-electron chi connectivity index (χ0n) is 25.1. The smallest absolute Gasteiger partial charge is 0.0214 e. The van der Waals surface area contributed by atoms with Gasteiger partial charge in [-0.05, 0) is 132 Å². The maximum atomic E-state index is 3.47. The van der Waals surface area contributed by atoms with Crippen molar-refractivity contribution in [3.63, 3.8) is 0 Å². The molecule has 0 aliphatic heterocycles. The van der Waals surface area contributed by atoms with Gasteiger partial charge in [0.2, 0.25) is 0 Å². The molecule has 0 unspecified atom stereocenters. The summed E-state index contributed by atoms with van der Waals surface area (Å²) in [4.78, 5) is 0. The Labute approximate surface area is 234 Å². The quantitative estimate of drug-likeness (QED) is 0.109. The van der Waals surface area contributed by atoms with E-state index in [1.165, 1.54) is 110 Å². The van der Waals surface area contributed by atoms with E-state index >= 15 is 0 Å². The summed E-state index contributed by atoms with van der Waals surface area (Å²) >= 11 is 3.47. The summed E-state index contributed by atoms with van der Waals surface area (Å²) in [5, 5.41) is 0.965. The van der Waals surface area contributed by atoms with Gasteiger partial charge < -0.3 is 0 Å². The summed E-state index contributed by atoms with van der Waals surface area (Å²) < 4.78 is 0. The molecule has 204 valence electrons. The highest BCUT2D eigenvalue weighted by Crippen LogP contribution is 2.16. The number of allylic oxidation sites excluding steroid dienone is 14. The highest BCUT2D eigenvalue weighted by atomic mass is 79.9. The average Bonchev–Trinajstić information content (AvgIpc) is 2.79. The molecule has 0 N–H and O–H groups in total. The van der Waals surface area contributed by atoms with Crippen molar-refractivity contribution in [2.45, 2.75) is 132 Å². The van der Waals surface area contributed by atoms with Gasteiger partial charge in [-0.15, -0.1) is 0 Å². The summed E-state index contributed by atoms with van der Waals surface area (Å²) in [6, 6.07) is 0. The lowest BCUT2D eigenvalue weighted by Gasteiger charge is -2.04. The fourth-order valence-electron chi connectivity index (χ4n) is 4.06. The highest BCUT2D eigenvalue weighted by Gasteiger charge is 1.96. The summed E-state index contributed by atoms with van der Waals surface area (Å²) in [5.74, 6) is 0. The third-order valence-corrected chi connectivity index (χ3v) is 7.00. The molecule has 0 atom stereocenters. The molecule has 0 fully saturated rings. The van der Waals surface area contributed by atoms with Crippen LogP contribution in [0.15, 0.2) is 81.5 Å². The second-order valence-corrected chi connectivity index (χ2v) is 11.6. The summed E-state index contributed by atoms with van der Waals surface area (Å²) in [6.07, 6.45) is 30.9. The highest BCUT2D eigenvalue weighted by molar-refractivity contribution is 9.09. The lowest BCUT2D eigenvalue weighted by molar-refractivity contribution is 0.883. The first-order valence-electron chi connectivity index (χ1n) is 14.3. The van der Waals surface area contributed by atoms with Crippen LogP contribution in [0.25, 0.3) is 0 Å². The lowest BCUT2D eigenvalue weighted by Crippen LogP contribution is -1.83. The fourth-order valence-corrected chi connectivity index (χ4v) is 4.62. The molecule has 0 amide bonds. The molecule has 0 saturated heterocycles.